The number of guanidine groups is 1. The number of halogens is 1. The smallest absolute Gasteiger partial charge is 0.227 e. The molecule has 0 aromatic carbocycles. The number of carbonyl (C=O) groups excluding carboxylic acids is 1. The van der Waals surface area contributed by atoms with Crippen LogP contribution in [-0.2, 0) is 16.8 Å². The predicted molar refractivity (Wildman–Crippen MR) is 107 cm³/mol. The van der Waals surface area contributed by atoms with Crippen molar-refractivity contribution in [1.82, 2.24) is 20.9 Å². The van der Waals surface area contributed by atoms with Crippen LogP contribution in [0.2, 0.25) is 0 Å². The maximum absolute atomic E-state index is 11.8. The van der Waals surface area contributed by atoms with E-state index in [1.165, 1.54) is 0 Å². The highest BCUT2D eigenvalue weighted by atomic mass is 127. The Morgan fingerprint density at radius 1 is 1.25 bits per heavy atom. The second-order valence-corrected chi connectivity index (χ2v) is 7.11. The monoisotopic (exact) mass is 451 g/mol. The molecular formula is C16H30IN5O2. The third kappa shape index (κ3) is 6.66. The summed E-state index contributed by atoms with van der Waals surface area (Å²) in [6.07, 6.45) is 1.75. The Morgan fingerprint density at radius 3 is 2.33 bits per heavy atom. The van der Waals surface area contributed by atoms with Gasteiger partial charge in [-0.05, 0) is 13.8 Å². The highest BCUT2D eigenvalue weighted by molar-refractivity contribution is 14.0. The highest BCUT2D eigenvalue weighted by Gasteiger charge is 2.26. The molecule has 0 bridgehead atoms. The molecule has 24 heavy (non-hydrogen) atoms. The van der Waals surface area contributed by atoms with E-state index in [9.17, 15) is 4.79 Å². The minimum atomic E-state index is -0.533. The number of hydrogen-bond acceptors (Lipinski definition) is 4. The predicted octanol–water partition coefficient (Wildman–Crippen LogP) is 2.03. The van der Waals surface area contributed by atoms with Crippen molar-refractivity contribution in [3.05, 3.63) is 17.8 Å². The number of aromatic nitrogens is 1. The third-order valence-corrected chi connectivity index (χ3v) is 3.46. The minimum absolute atomic E-state index is 0. The van der Waals surface area contributed by atoms with Crippen LogP contribution in [-0.4, -0.2) is 37.5 Å². The first-order valence-corrected chi connectivity index (χ1v) is 7.72. The zero-order chi connectivity index (χ0) is 17.7. The Kier molecular flexibility index (Phi) is 8.73. The Hall–Kier alpha value is -1.32. The molecule has 0 radical (unpaired) electrons. The highest BCUT2D eigenvalue weighted by Crippen LogP contribution is 2.22. The third-order valence-electron chi connectivity index (χ3n) is 3.46. The second-order valence-electron chi connectivity index (χ2n) is 7.11. The number of nitrogens with one attached hydrogen (secondary N) is 3. The van der Waals surface area contributed by atoms with Gasteiger partial charge in [-0.15, -0.1) is 24.0 Å². The fourth-order valence-electron chi connectivity index (χ4n) is 1.84. The fraction of sp³-hybridized carbons (Fsp3) is 0.688. The van der Waals surface area contributed by atoms with Gasteiger partial charge in [0.25, 0.3) is 0 Å². The molecule has 1 aromatic rings. The summed E-state index contributed by atoms with van der Waals surface area (Å²) < 4.78 is 5.72. The largest absolute Gasteiger partial charge is 0.443 e. The lowest BCUT2D eigenvalue weighted by atomic mass is 9.92. The molecule has 0 aliphatic heterocycles. The van der Waals surface area contributed by atoms with Crippen molar-refractivity contribution < 1.29 is 9.21 Å². The SMILES string of the molecule is CN=C(NCc1ncc(C(C)(C)C)o1)NCC(C)(C)C(=O)NC.I. The first-order valence-electron chi connectivity index (χ1n) is 7.72. The lowest BCUT2D eigenvalue weighted by Crippen LogP contribution is -2.47. The molecule has 138 valence electrons. The molecule has 0 unspecified atom stereocenters. The molecule has 0 spiro atoms. The van der Waals surface area contributed by atoms with Gasteiger partial charge in [-0.1, -0.05) is 20.8 Å². The van der Waals surface area contributed by atoms with E-state index in [2.05, 4.69) is 46.7 Å². The van der Waals surface area contributed by atoms with E-state index in [1.807, 2.05) is 13.8 Å². The van der Waals surface area contributed by atoms with Gasteiger partial charge in [0.05, 0.1) is 18.2 Å². The number of nitrogens with zero attached hydrogens (tertiary/aromatic N) is 2. The fourth-order valence-corrected chi connectivity index (χ4v) is 1.84. The van der Waals surface area contributed by atoms with Gasteiger partial charge in [-0.3, -0.25) is 9.79 Å². The normalized spacial score (nSPS) is 12.4. The van der Waals surface area contributed by atoms with Crippen molar-refractivity contribution in [2.75, 3.05) is 20.6 Å². The van der Waals surface area contributed by atoms with E-state index in [0.717, 1.165) is 5.76 Å². The molecule has 0 fully saturated rings. The molecule has 0 aliphatic rings. The van der Waals surface area contributed by atoms with Gasteiger partial charge in [-0.2, -0.15) is 0 Å². The number of aliphatic imine (C=N–C) groups is 1. The van der Waals surface area contributed by atoms with Gasteiger partial charge < -0.3 is 20.4 Å². The Labute approximate surface area is 161 Å². The summed E-state index contributed by atoms with van der Waals surface area (Å²) in [5.74, 6) is 2.02. The molecule has 8 heteroatoms. The van der Waals surface area contributed by atoms with Crippen molar-refractivity contribution >= 4 is 35.8 Å². The topological polar surface area (TPSA) is 91.6 Å². The Morgan fingerprint density at radius 2 is 1.88 bits per heavy atom. The van der Waals surface area contributed by atoms with E-state index < -0.39 is 5.41 Å². The minimum Gasteiger partial charge on any atom is -0.443 e. The van der Waals surface area contributed by atoms with Crippen molar-refractivity contribution in [3.8, 4) is 0 Å². The Bertz CT molecular complexity index is 561. The van der Waals surface area contributed by atoms with Crippen LogP contribution in [0.15, 0.2) is 15.6 Å². The Balaban J connectivity index is 0.00000529. The number of carbonyl (C=O) groups is 1. The van der Waals surface area contributed by atoms with E-state index in [-0.39, 0.29) is 35.3 Å². The summed E-state index contributed by atoms with van der Waals surface area (Å²) in [6.45, 7) is 10.9. The summed E-state index contributed by atoms with van der Waals surface area (Å²) in [5.41, 5.74) is -0.600. The quantitative estimate of drug-likeness (QED) is 0.362. The lowest BCUT2D eigenvalue weighted by Gasteiger charge is -2.24. The molecule has 0 saturated carbocycles. The van der Waals surface area contributed by atoms with Crippen LogP contribution in [0, 0.1) is 5.41 Å². The standard InChI is InChI=1S/C16H29N5O2.HI/c1-15(2,3)11-8-19-12(23-11)9-20-14(18-7)21-10-16(4,5)13(22)17-6;/h8H,9-10H2,1-7H3,(H,17,22)(H2,18,20,21);1H. The van der Waals surface area contributed by atoms with Gasteiger partial charge >= 0.3 is 0 Å². The van der Waals surface area contributed by atoms with Crippen LogP contribution in [0.3, 0.4) is 0 Å². The molecule has 0 aliphatic carbocycles. The molecule has 1 amide bonds. The maximum atomic E-state index is 11.8. The van der Waals surface area contributed by atoms with Crippen molar-refractivity contribution in [2.24, 2.45) is 10.4 Å². The summed E-state index contributed by atoms with van der Waals surface area (Å²) in [4.78, 5) is 20.2. The molecule has 0 saturated heterocycles. The van der Waals surface area contributed by atoms with Crippen LogP contribution in [0.4, 0.5) is 0 Å². The zero-order valence-corrected chi connectivity index (χ0v) is 17.9. The van der Waals surface area contributed by atoms with Crippen molar-refractivity contribution in [1.29, 1.82) is 0 Å². The van der Waals surface area contributed by atoms with Crippen LogP contribution in [0.1, 0.15) is 46.3 Å². The number of amides is 1. The molecule has 3 N–H and O–H groups in total. The lowest BCUT2D eigenvalue weighted by molar-refractivity contribution is -0.128. The molecule has 1 aromatic heterocycles. The summed E-state index contributed by atoms with van der Waals surface area (Å²) in [7, 11) is 3.31. The first kappa shape index (κ1) is 22.7. The van der Waals surface area contributed by atoms with Gasteiger partial charge in [-0.25, -0.2) is 4.98 Å². The van der Waals surface area contributed by atoms with Gasteiger partial charge in [0.2, 0.25) is 11.8 Å². The van der Waals surface area contributed by atoms with E-state index in [1.54, 1.807) is 20.3 Å². The van der Waals surface area contributed by atoms with E-state index >= 15 is 0 Å². The van der Waals surface area contributed by atoms with Crippen molar-refractivity contribution in [2.45, 2.75) is 46.6 Å². The number of oxazole rings is 1. The zero-order valence-electron chi connectivity index (χ0n) is 15.6. The molecular weight excluding hydrogens is 421 g/mol. The average Bonchev–Trinajstić information content (AvgIpc) is 2.95. The maximum Gasteiger partial charge on any atom is 0.227 e. The molecule has 7 nitrogen and oxygen atoms in total. The van der Waals surface area contributed by atoms with Gasteiger partial charge in [0.1, 0.15) is 5.76 Å². The van der Waals surface area contributed by atoms with Crippen LogP contribution >= 0.6 is 24.0 Å². The van der Waals surface area contributed by atoms with Gasteiger partial charge in [0.15, 0.2) is 5.96 Å². The van der Waals surface area contributed by atoms with Gasteiger partial charge in [0, 0.05) is 26.1 Å². The van der Waals surface area contributed by atoms with Crippen molar-refractivity contribution in [3.63, 3.8) is 0 Å². The van der Waals surface area contributed by atoms with Crippen LogP contribution < -0.4 is 16.0 Å². The van der Waals surface area contributed by atoms with Crippen LogP contribution in [0.25, 0.3) is 0 Å². The summed E-state index contributed by atoms with van der Waals surface area (Å²) in [6, 6.07) is 0. The number of rotatable bonds is 5. The number of hydrogen-bond donors (Lipinski definition) is 3. The molecule has 1 heterocycles. The second kappa shape index (κ2) is 9.24. The van der Waals surface area contributed by atoms with E-state index in [4.69, 9.17) is 4.42 Å². The first-order chi connectivity index (χ1) is 10.6. The molecule has 1 rings (SSSR count). The van der Waals surface area contributed by atoms with E-state index in [0.29, 0.717) is 24.9 Å². The summed E-state index contributed by atoms with van der Waals surface area (Å²) in [5, 5.41) is 8.93. The summed E-state index contributed by atoms with van der Waals surface area (Å²) >= 11 is 0. The average molecular weight is 451 g/mol. The van der Waals surface area contributed by atoms with Crippen LogP contribution in [0.5, 0.6) is 0 Å². The molecule has 0 atom stereocenters.